The second-order valence-corrected chi connectivity index (χ2v) is 6.76. The number of nitrogens with zero attached hydrogens (tertiary/aromatic N) is 2. The van der Waals surface area contributed by atoms with Crippen LogP contribution in [0.15, 0.2) is 70.4 Å². The lowest BCUT2D eigenvalue weighted by molar-refractivity contribution is -0.137. The number of benzene rings is 2. The van der Waals surface area contributed by atoms with Gasteiger partial charge in [0.1, 0.15) is 24.0 Å². The van der Waals surface area contributed by atoms with Gasteiger partial charge >= 0.3 is 6.18 Å². The molecule has 3 rings (SSSR count). The van der Waals surface area contributed by atoms with Crippen LogP contribution in [0, 0.1) is 5.82 Å². The standard InChI is InChI=1S/C20H14BrF4N3O/c21-17-9-13(4-6-18(17)29-12-14-2-1-3-16(22)8-14)10-27-28-19-7-5-15(11-26-19)20(23,24)25/h1-11H,12H2,(H,26,28)/b27-10-. The van der Waals surface area contributed by atoms with Crippen LogP contribution in [0.25, 0.3) is 0 Å². The van der Waals surface area contributed by atoms with Crippen molar-refractivity contribution in [2.24, 2.45) is 5.10 Å². The number of hydrazone groups is 1. The Labute approximate surface area is 172 Å². The van der Waals surface area contributed by atoms with Crippen molar-refractivity contribution in [2.45, 2.75) is 12.8 Å². The number of rotatable bonds is 6. The van der Waals surface area contributed by atoms with E-state index in [4.69, 9.17) is 4.74 Å². The average molecular weight is 468 g/mol. The van der Waals surface area contributed by atoms with Crippen LogP contribution in [0.2, 0.25) is 0 Å². The Kier molecular flexibility index (Phi) is 6.48. The van der Waals surface area contributed by atoms with Crippen LogP contribution in [0.4, 0.5) is 23.4 Å². The topological polar surface area (TPSA) is 46.5 Å². The first-order chi connectivity index (χ1) is 13.8. The molecule has 29 heavy (non-hydrogen) atoms. The molecule has 0 aliphatic rings. The van der Waals surface area contributed by atoms with Crippen LogP contribution >= 0.6 is 15.9 Å². The molecule has 150 valence electrons. The van der Waals surface area contributed by atoms with Gasteiger partial charge in [0.25, 0.3) is 0 Å². The Morgan fingerprint density at radius 1 is 1.10 bits per heavy atom. The Hall–Kier alpha value is -2.94. The fourth-order valence-electron chi connectivity index (χ4n) is 2.30. The van der Waals surface area contributed by atoms with Crippen molar-refractivity contribution in [1.82, 2.24) is 4.98 Å². The zero-order chi connectivity index (χ0) is 20.9. The summed E-state index contributed by atoms with van der Waals surface area (Å²) in [5.74, 6) is 0.430. The highest BCUT2D eigenvalue weighted by Crippen LogP contribution is 2.29. The third kappa shape index (κ3) is 6.02. The van der Waals surface area contributed by atoms with E-state index in [9.17, 15) is 17.6 Å². The quantitative estimate of drug-likeness (QED) is 0.273. The summed E-state index contributed by atoms with van der Waals surface area (Å²) >= 11 is 3.40. The van der Waals surface area contributed by atoms with Crippen molar-refractivity contribution >= 4 is 28.0 Å². The summed E-state index contributed by atoms with van der Waals surface area (Å²) in [5, 5.41) is 3.96. The number of anilines is 1. The van der Waals surface area contributed by atoms with Gasteiger partial charge in [-0.1, -0.05) is 12.1 Å². The molecule has 0 saturated heterocycles. The fraction of sp³-hybridized carbons (Fsp3) is 0.100. The normalized spacial score (nSPS) is 11.6. The molecule has 0 unspecified atom stereocenters. The number of nitrogens with one attached hydrogen (secondary N) is 1. The van der Waals surface area contributed by atoms with Crippen molar-refractivity contribution in [3.63, 3.8) is 0 Å². The molecule has 1 aromatic heterocycles. The Balaban J connectivity index is 1.58. The highest BCUT2D eigenvalue weighted by molar-refractivity contribution is 9.10. The van der Waals surface area contributed by atoms with E-state index in [0.717, 1.165) is 17.8 Å². The Morgan fingerprint density at radius 2 is 1.93 bits per heavy atom. The van der Waals surface area contributed by atoms with Gasteiger partial charge in [-0.25, -0.2) is 9.37 Å². The molecular formula is C20H14BrF4N3O. The molecule has 0 radical (unpaired) electrons. The lowest BCUT2D eigenvalue weighted by atomic mass is 10.2. The zero-order valence-corrected chi connectivity index (χ0v) is 16.3. The monoisotopic (exact) mass is 467 g/mol. The van der Waals surface area contributed by atoms with Gasteiger partial charge in [0.15, 0.2) is 0 Å². The van der Waals surface area contributed by atoms with Gasteiger partial charge in [-0.2, -0.15) is 18.3 Å². The maximum atomic E-state index is 13.2. The van der Waals surface area contributed by atoms with E-state index >= 15 is 0 Å². The highest BCUT2D eigenvalue weighted by atomic mass is 79.9. The second kappa shape index (κ2) is 9.04. The molecule has 0 aliphatic carbocycles. The third-order valence-electron chi connectivity index (χ3n) is 3.72. The van der Waals surface area contributed by atoms with Gasteiger partial charge in [-0.15, -0.1) is 0 Å². The first kappa shape index (κ1) is 20.8. The van der Waals surface area contributed by atoms with Crippen LogP contribution in [-0.2, 0) is 12.8 Å². The van der Waals surface area contributed by atoms with E-state index in [1.807, 2.05) is 0 Å². The number of alkyl halides is 3. The van der Waals surface area contributed by atoms with Crippen molar-refractivity contribution < 1.29 is 22.3 Å². The summed E-state index contributed by atoms with van der Waals surface area (Å²) in [6.07, 6.45) is -2.21. The average Bonchev–Trinajstić information content (AvgIpc) is 2.67. The van der Waals surface area contributed by atoms with E-state index in [1.54, 1.807) is 30.3 Å². The molecule has 0 atom stereocenters. The molecular weight excluding hydrogens is 454 g/mol. The van der Waals surface area contributed by atoms with E-state index in [-0.39, 0.29) is 18.2 Å². The van der Waals surface area contributed by atoms with E-state index in [0.29, 0.717) is 15.8 Å². The minimum Gasteiger partial charge on any atom is -0.488 e. The zero-order valence-electron chi connectivity index (χ0n) is 14.8. The van der Waals surface area contributed by atoms with Crippen molar-refractivity contribution in [1.29, 1.82) is 0 Å². The lowest BCUT2D eigenvalue weighted by Gasteiger charge is -2.09. The predicted molar refractivity (Wildman–Crippen MR) is 105 cm³/mol. The smallest absolute Gasteiger partial charge is 0.417 e. The second-order valence-electron chi connectivity index (χ2n) is 5.91. The molecule has 0 bridgehead atoms. The molecule has 0 saturated carbocycles. The summed E-state index contributed by atoms with van der Waals surface area (Å²) in [4.78, 5) is 3.67. The van der Waals surface area contributed by atoms with Gasteiger partial charge in [-0.05, 0) is 69.5 Å². The molecule has 3 aromatic rings. The maximum Gasteiger partial charge on any atom is 0.417 e. The molecule has 4 nitrogen and oxygen atoms in total. The van der Waals surface area contributed by atoms with E-state index < -0.39 is 11.7 Å². The lowest BCUT2D eigenvalue weighted by Crippen LogP contribution is -2.05. The number of halogens is 5. The molecule has 2 aromatic carbocycles. The van der Waals surface area contributed by atoms with Gasteiger partial charge in [-0.3, -0.25) is 5.43 Å². The minimum atomic E-state index is -4.43. The molecule has 9 heteroatoms. The van der Waals surface area contributed by atoms with Gasteiger partial charge in [0.2, 0.25) is 0 Å². The van der Waals surface area contributed by atoms with Crippen molar-refractivity contribution in [3.05, 3.63) is 87.8 Å². The van der Waals surface area contributed by atoms with Gasteiger partial charge in [0.05, 0.1) is 16.3 Å². The SMILES string of the molecule is Fc1cccc(COc2ccc(/C=N\Nc3ccc(C(F)(F)F)cn3)cc2Br)c1. The van der Waals surface area contributed by atoms with Crippen LogP contribution in [0.3, 0.4) is 0 Å². The Morgan fingerprint density at radius 3 is 2.59 bits per heavy atom. The molecule has 1 N–H and O–H groups in total. The van der Waals surface area contributed by atoms with Crippen LogP contribution in [0.5, 0.6) is 5.75 Å². The number of hydrogen-bond donors (Lipinski definition) is 1. The predicted octanol–water partition coefficient (Wildman–Crippen LogP) is 6.03. The first-order valence-corrected chi connectivity index (χ1v) is 9.10. The van der Waals surface area contributed by atoms with Gasteiger partial charge < -0.3 is 4.74 Å². The molecule has 0 aliphatic heterocycles. The van der Waals surface area contributed by atoms with Crippen LogP contribution < -0.4 is 10.2 Å². The summed E-state index contributed by atoms with van der Waals surface area (Å²) in [6.45, 7) is 0.213. The molecule has 0 amide bonds. The van der Waals surface area contributed by atoms with Crippen molar-refractivity contribution in [2.75, 3.05) is 5.43 Å². The maximum absolute atomic E-state index is 13.2. The summed E-state index contributed by atoms with van der Waals surface area (Å²) < 4.78 is 57.1. The summed E-state index contributed by atoms with van der Waals surface area (Å²) in [6, 6.07) is 13.5. The van der Waals surface area contributed by atoms with Crippen molar-refractivity contribution in [3.8, 4) is 5.75 Å². The molecule has 0 fully saturated rings. The largest absolute Gasteiger partial charge is 0.488 e. The molecule has 0 spiro atoms. The van der Waals surface area contributed by atoms with Gasteiger partial charge in [0, 0.05) is 6.20 Å². The molecule has 1 heterocycles. The number of aromatic nitrogens is 1. The fourth-order valence-corrected chi connectivity index (χ4v) is 2.81. The third-order valence-corrected chi connectivity index (χ3v) is 4.34. The van der Waals surface area contributed by atoms with E-state index in [2.05, 4.69) is 31.4 Å². The minimum absolute atomic E-state index is 0.184. The number of hydrogen-bond acceptors (Lipinski definition) is 4. The van der Waals surface area contributed by atoms with Crippen LogP contribution in [-0.4, -0.2) is 11.2 Å². The highest BCUT2D eigenvalue weighted by Gasteiger charge is 2.30. The number of ether oxygens (including phenoxy) is 1. The summed E-state index contributed by atoms with van der Waals surface area (Å²) in [7, 11) is 0. The number of pyridine rings is 1. The Bertz CT molecular complexity index is 1010. The van der Waals surface area contributed by atoms with Crippen LogP contribution in [0.1, 0.15) is 16.7 Å². The summed E-state index contributed by atoms with van der Waals surface area (Å²) in [5.41, 5.74) is 3.16. The first-order valence-electron chi connectivity index (χ1n) is 8.30. The van der Waals surface area contributed by atoms with E-state index in [1.165, 1.54) is 24.4 Å².